The number of fused-ring (bicyclic) bond motifs is 1. The van der Waals surface area contributed by atoms with Crippen molar-refractivity contribution in [3.8, 4) is 0 Å². The van der Waals surface area contributed by atoms with Gasteiger partial charge in [0.05, 0.1) is 18.7 Å². The first kappa shape index (κ1) is 11.0. The van der Waals surface area contributed by atoms with Crippen molar-refractivity contribution in [2.45, 2.75) is 6.61 Å². The molecule has 3 nitrogen and oxygen atoms in total. The van der Waals surface area contributed by atoms with Gasteiger partial charge in [0.2, 0.25) is 0 Å². The van der Waals surface area contributed by atoms with Gasteiger partial charge in [-0.3, -0.25) is 4.98 Å². The van der Waals surface area contributed by atoms with E-state index in [1.807, 2.05) is 25.4 Å². The lowest BCUT2D eigenvalue weighted by Crippen LogP contribution is -2.14. The molecule has 0 radical (unpaired) electrons. The van der Waals surface area contributed by atoms with E-state index in [1.165, 1.54) is 0 Å². The van der Waals surface area contributed by atoms with Gasteiger partial charge in [0, 0.05) is 23.7 Å². The van der Waals surface area contributed by atoms with Gasteiger partial charge in [-0.25, -0.2) is 0 Å². The molecule has 3 heteroatoms. The molecule has 84 valence electrons. The molecule has 16 heavy (non-hydrogen) atoms. The summed E-state index contributed by atoms with van der Waals surface area (Å²) in [5, 5.41) is 4.21. The molecular formula is C13H16N2O. The van der Waals surface area contributed by atoms with Gasteiger partial charge in [-0.1, -0.05) is 24.3 Å². The Bertz CT molecular complexity index is 451. The van der Waals surface area contributed by atoms with E-state index in [9.17, 15) is 0 Å². The molecular weight excluding hydrogens is 200 g/mol. The number of rotatable bonds is 5. The third-order valence-corrected chi connectivity index (χ3v) is 2.47. The van der Waals surface area contributed by atoms with E-state index >= 15 is 0 Å². The monoisotopic (exact) mass is 216 g/mol. The average molecular weight is 216 g/mol. The standard InChI is InChI=1S/C13H16N2O/c1-14-8-9-16-10-12-5-2-4-11-6-3-7-15-13(11)12/h2-7,14H,8-10H2,1H3. The minimum Gasteiger partial charge on any atom is -0.375 e. The fourth-order valence-corrected chi connectivity index (χ4v) is 1.64. The number of hydrogen-bond acceptors (Lipinski definition) is 3. The molecule has 1 aromatic heterocycles. The van der Waals surface area contributed by atoms with Crippen molar-refractivity contribution >= 4 is 10.9 Å². The summed E-state index contributed by atoms with van der Waals surface area (Å²) in [5.41, 5.74) is 2.18. The first-order valence-corrected chi connectivity index (χ1v) is 5.47. The SMILES string of the molecule is CNCCOCc1cccc2cccnc12. The van der Waals surface area contributed by atoms with Crippen LogP contribution in [-0.4, -0.2) is 25.2 Å². The number of ether oxygens (including phenoxy) is 1. The molecule has 0 aliphatic heterocycles. The van der Waals surface area contributed by atoms with Gasteiger partial charge in [-0.15, -0.1) is 0 Å². The van der Waals surface area contributed by atoms with Crippen molar-refractivity contribution in [1.82, 2.24) is 10.3 Å². The van der Waals surface area contributed by atoms with Crippen LogP contribution in [0.15, 0.2) is 36.5 Å². The Kier molecular flexibility index (Phi) is 3.86. The minimum absolute atomic E-state index is 0.621. The molecule has 0 fully saturated rings. The van der Waals surface area contributed by atoms with Crippen LogP contribution in [-0.2, 0) is 11.3 Å². The summed E-state index contributed by atoms with van der Waals surface area (Å²) in [7, 11) is 1.92. The Morgan fingerprint density at radius 2 is 2.12 bits per heavy atom. The van der Waals surface area contributed by atoms with Gasteiger partial charge in [-0.2, -0.15) is 0 Å². The highest BCUT2D eigenvalue weighted by Crippen LogP contribution is 2.16. The van der Waals surface area contributed by atoms with Crippen molar-refractivity contribution in [2.75, 3.05) is 20.2 Å². The maximum atomic E-state index is 5.57. The Balaban J connectivity index is 2.11. The zero-order valence-corrected chi connectivity index (χ0v) is 9.44. The van der Waals surface area contributed by atoms with E-state index in [1.54, 1.807) is 0 Å². The zero-order chi connectivity index (χ0) is 11.2. The molecule has 0 amide bonds. The molecule has 2 aromatic rings. The summed E-state index contributed by atoms with van der Waals surface area (Å²) in [6, 6.07) is 10.2. The molecule has 0 saturated heterocycles. The predicted octanol–water partition coefficient (Wildman–Crippen LogP) is 1.97. The Labute approximate surface area is 95.5 Å². The second-order valence-electron chi connectivity index (χ2n) is 3.65. The quantitative estimate of drug-likeness (QED) is 0.776. The predicted molar refractivity (Wildman–Crippen MR) is 65.3 cm³/mol. The zero-order valence-electron chi connectivity index (χ0n) is 9.44. The van der Waals surface area contributed by atoms with Crippen molar-refractivity contribution < 1.29 is 4.74 Å². The molecule has 1 N–H and O–H groups in total. The highest BCUT2D eigenvalue weighted by Gasteiger charge is 2.00. The summed E-state index contributed by atoms with van der Waals surface area (Å²) in [5.74, 6) is 0. The van der Waals surface area contributed by atoms with Gasteiger partial charge in [0.25, 0.3) is 0 Å². The molecule has 0 saturated carbocycles. The van der Waals surface area contributed by atoms with Gasteiger partial charge < -0.3 is 10.1 Å². The highest BCUT2D eigenvalue weighted by atomic mass is 16.5. The van der Waals surface area contributed by atoms with E-state index in [2.05, 4.69) is 28.5 Å². The summed E-state index contributed by atoms with van der Waals surface area (Å²) < 4.78 is 5.57. The fourth-order valence-electron chi connectivity index (χ4n) is 1.64. The maximum Gasteiger partial charge on any atom is 0.0757 e. The normalized spacial score (nSPS) is 10.8. The van der Waals surface area contributed by atoms with Crippen LogP contribution in [0.3, 0.4) is 0 Å². The van der Waals surface area contributed by atoms with Crippen LogP contribution in [0.25, 0.3) is 10.9 Å². The van der Waals surface area contributed by atoms with Gasteiger partial charge in [0.1, 0.15) is 0 Å². The molecule has 2 rings (SSSR count). The largest absolute Gasteiger partial charge is 0.375 e. The Morgan fingerprint density at radius 1 is 1.25 bits per heavy atom. The minimum atomic E-state index is 0.621. The molecule has 0 spiro atoms. The second-order valence-corrected chi connectivity index (χ2v) is 3.65. The summed E-state index contributed by atoms with van der Waals surface area (Å²) >= 11 is 0. The van der Waals surface area contributed by atoms with Gasteiger partial charge in [0.15, 0.2) is 0 Å². The van der Waals surface area contributed by atoms with Crippen molar-refractivity contribution in [3.63, 3.8) is 0 Å². The van der Waals surface area contributed by atoms with Crippen LogP contribution in [0.5, 0.6) is 0 Å². The number of likely N-dealkylation sites (N-methyl/N-ethyl adjacent to an activating group) is 1. The summed E-state index contributed by atoms with van der Waals surface area (Å²) in [4.78, 5) is 4.38. The van der Waals surface area contributed by atoms with Crippen LogP contribution in [0.1, 0.15) is 5.56 Å². The smallest absolute Gasteiger partial charge is 0.0757 e. The number of para-hydroxylation sites is 1. The van der Waals surface area contributed by atoms with E-state index in [4.69, 9.17) is 4.74 Å². The van der Waals surface area contributed by atoms with E-state index in [-0.39, 0.29) is 0 Å². The van der Waals surface area contributed by atoms with E-state index < -0.39 is 0 Å². The molecule has 1 aromatic carbocycles. The molecule has 0 aliphatic carbocycles. The number of nitrogens with one attached hydrogen (secondary N) is 1. The fraction of sp³-hybridized carbons (Fsp3) is 0.308. The molecule has 0 aliphatic rings. The first-order chi connectivity index (χ1) is 7.92. The van der Waals surface area contributed by atoms with Gasteiger partial charge >= 0.3 is 0 Å². The summed E-state index contributed by atoms with van der Waals surface area (Å²) in [6.07, 6.45) is 1.82. The molecule has 0 atom stereocenters. The van der Waals surface area contributed by atoms with Crippen LogP contribution < -0.4 is 5.32 Å². The number of hydrogen-bond donors (Lipinski definition) is 1. The topological polar surface area (TPSA) is 34.1 Å². The number of nitrogens with zero attached hydrogens (tertiary/aromatic N) is 1. The maximum absolute atomic E-state index is 5.57. The lowest BCUT2D eigenvalue weighted by atomic mass is 10.1. The molecule has 0 unspecified atom stereocenters. The van der Waals surface area contributed by atoms with Crippen LogP contribution in [0.2, 0.25) is 0 Å². The van der Waals surface area contributed by atoms with Crippen molar-refractivity contribution in [1.29, 1.82) is 0 Å². The van der Waals surface area contributed by atoms with E-state index in [0.29, 0.717) is 6.61 Å². The number of aromatic nitrogens is 1. The molecule has 1 heterocycles. The van der Waals surface area contributed by atoms with E-state index in [0.717, 1.165) is 29.6 Å². The lowest BCUT2D eigenvalue weighted by Gasteiger charge is -2.06. The first-order valence-electron chi connectivity index (χ1n) is 5.47. The van der Waals surface area contributed by atoms with Crippen LogP contribution in [0, 0.1) is 0 Å². The lowest BCUT2D eigenvalue weighted by molar-refractivity contribution is 0.125. The highest BCUT2D eigenvalue weighted by molar-refractivity contribution is 5.81. The summed E-state index contributed by atoms with van der Waals surface area (Å²) in [6.45, 7) is 2.22. The van der Waals surface area contributed by atoms with Gasteiger partial charge in [-0.05, 0) is 13.1 Å². The van der Waals surface area contributed by atoms with Crippen molar-refractivity contribution in [3.05, 3.63) is 42.1 Å². The average Bonchev–Trinajstić information content (AvgIpc) is 2.35. The number of benzene rings is 1. The molecule has 0 bridgehead atoms. The van der Waals surface area contributed by atoms with Crippen molar-refractivity contribution in [2.24, 2.45) is 0 Å². The third kappa shape index (κ3) is 2.56. The second kappa shape index (κ2) is 5.58. The Hall–Kier alpha value is -1.45. The Morgan fingerprint density at radius 3 is 3.00 bits per heavy atom. The van der Waals surface area contributed by atoms with Crippen LogP contribution >= 0.6 is 0 Å². The number of pyridine rings is 1. The third-order valence-electron chi connectivity index (χ3n) is 2.47. The van der Waals surface area contributed by atoms with Crippen LogP contribution in [0.4, 0.5) is 0 Å².